The lowest BCUT2D eigenvalue weighted by Gasteiger charge is -2.17. The maximum absolute atomic E-state index is 13.8. The van der Waals surface area contributed by atoms with Crippen LogP contribution < -0.4 is 5.32 Å². The lowest BCUT2D eigenvalue weighted by atomic mass is 9.94. The zero-order valence-electron chi connectivity index (χ0n) is 10.6. The molecule has 1 aromatic carbocycles. The molecule has 0 aromatic heterocycles. The van der Waals surface area contributed by atoms with Crippen molar-refractivity contribution < 1.29 is 4.39 Å². The molecule has 96 valence electrons. The highest BCUT2D eigenvalue weighted by Crippen LogP contribution is 2.22. The standard InChI is InChI=1S/C14H21ClFN/c1-3-6-11(10-17-4-2)9-12-7-5-8-13(15)14(12)16/h5,7-8,11,17H,3-4,6,9-10H2,1-2H3. The molecule has 0 spiro atoms. The molecule has 0 aliphatic heterocycles. The van der Waals surface area contributed by atoms with Crippen LogP contribution in [-0.2, 0) is 6.42 Å². The third-order valence-electron chi connectivity index (χ3n) is 2.92. The van der Waals surface area contributed by atoms with E-state index in [-0.39, 0.29) is 10.8 Å². The maximum atomic E-state index is 13.8. The van der Waals surface area contributed by atoms with Gasteiger partial charge in [-0.1, -0.05) is 44.0 Å². The molecule has 0 aliphatic carbocycles. The van der Waals surface area contributed by atoms with Crippen molar-refractivity contribution in [2.75, 3.05) is 13.1 Å². The molecule has 0 heterocycles. The zero-order chi connectivity index (χ0) is 12.7. The van der Waals surface area contributed by atoms with Gasteiger partial charge in [0.15, 0.2) is 0 Å². The van der Waals surface area contributed by atoms with Crippen molar-refractivity contribution in [3.63, 3.8) is 0 Å². The quantitative estimate of drug-likeness (QED) is 0.777. The van der Waals surface area contributed by atoms with Gasteiger partial charge in [0, 0.05) is 0 Å². The lowest BCUT2D eigenvalue weighted by Crippen LogP contribution is -2.24. The summed E-state index contributed by atoms with van der Waals surface area (Å²) >= 11 is 5.79. The molecular weight excluding hydrogens is 237 g/mol. The van der Waals surface area contributed by atoms with E-state index in [4.69, 9.17) is 11.6 Å². The second-order valence-corrected chi connectivity index (χ2v) is 4.79. The van der Waals surface area contributed by atoms with E-state index in [2.05, 4.69) is 19.2 Å². The molecule has 0 saturated heterocycles. The topological polar surface area (TPSA) is 12.0 Å². The first-order chi connectivity index (χ1) is 8.19. The Hall–Kier alpha value is -0.600. The molecule has 0 amide bonds. The Kier molecular flexibility index (Phi) is 6.53. The minimum Gasteiger partial charge on any atom is -0.317 e. The number of hydrogen-bond acceptors (Lipinski definition) is 1. The molecular formula is C14H21ClFN. The first-order valence-corrected chi connectivity index (χ1v) is 6.70. The second-order valence-electron chi connectivity index (χ2n) is 4.38. The van der Waals surface area contributed by atoms with Crippen LogP contribution in [-0.4, -0.2) is 13.1 Å². The fourth-order valence-electron chi connectivity index (χ4n) is 2.05. The van der Waals surface area contributed by atoms with Crippen molar-refractivity contribution in [2.24, 2.45) is 5.92 Å². The summed E-state index contributed by atoms with van der Waals surface area (Å²) in [7, 11) is 0. The minimum atomic E-state index is -0.258. The molecule has 1 rings (SSSR count). The van der Waals surface area contributed by atoms with Gasteiger partial charge in [0.25, 0.3) is 0 Å². The summed E-state index contributed by atoms with van der Waals surface area (Å²) in [6.45, 7) is 6.14. The van der Waals surface area contributed by atoms with Gasteiger partial charge in [-0.05, 0) is 43.5 Å². The number of nitrogens with one attached hydrogen (secondary N) is 1. The van der Waals surface area contributed by atoms with Gasteiger partial charge in [-0.15, -0.1) is 0 Å². The predicted octanol–water partition coefficient (Wildman–Crippen LogP) is 4.05. The summed E-state index contributed by atoms with van der Waals surface area (Å²) in [6, 6.07) is 5.24. The third kappa shape index (κ3) is 4.64. The number of rotatable bonds is 7. The maximum Gasteiger partial charge on any atom is 0.144 e. The normalized spacial score (nSPS) is 12.7. The van der Waals surface area contributed by atoms with Crippen LogP contribution in [0, 0.1) is 11.7 Å². The largest absolute Gasteiger partial charge is 0.317 e. The van der Waals surface area contributed by atoms with Gasteiger partial charge in [0.05, 0.1) is 5.02 Å². The summed E-state index contributed by atoms with van der Waals surface area (Å²) < 4.78 is 13.8. The van der Waals surface area contributed by atoms with Crippen LogP contribution in [0.4, 0.5) is 4.39 Å². The summed E-state index contributed by atoms with van der Waals surface area (Å²) in [5.41, 5.74) is 0.730. The van der Waals surface area contributed by atoms with Crippen LogP contribution in [0.3, 0.4) is 0 Å². The Morgan fingerprint density at radius 1 is 1.35 bits per heavy atom. The molecule has 1 atom stereocenters. The van der Waals surface area contributed by atoms with Crippen LogP contribution >= 0.6 is 11.6 Å². The van der Waals surface area contributed by atoms with E-state index >= 15 is 0 Å². The van der Waals surface area contributed by atoms with Gasteiger partial charge in [0.1, 0.15) is 5.82 Å². The average molecular weight is 258 g/mol. The van der Waals surface area contributed by atoms with E-state index in [1.54, 1.807) is 6.07 Å². The Balaban J connectivity index is 2.67. The van der Waals surface area contributed by atoms with Crippen LogP contribution in [0.25, 0.3) is 0 Å². The molecule has 17 heavy (non-hydrogen) atoms. The monoisotopic (exact) mass is 257 g/mol. The van der Waals surface area contributed by atoms with Crippen molar-refractivity contribution in [3.05, 3.63) is 34.6 Å². The first-order valence-electron chi connectivity index (χ1n) is 6.32. The van der Waals surface area contributed by atoms with Crippen molar-refractivity contribution in [1.82, 2.24) is 5.32 Å². The molecule has 0 fully saturated rings. The van der Waals surface area contributed by atoms with Gasteiger partial charge in [-0.2, -0.15) is 0 Å². The summed E-state index contributed by atoms with van der Waals surface area (Å²) in [4.78, 5) is 0. The Labute approximate surface area is 108 Å². The summed E-state index contributed by atoms with van der Waals surface area (Å²) in [6.07, 6.45) is 2.99. The third-order valence-corrected chi connectivity index (χ3v) is 3.21. The van der Waals surface area contributed by atoms with Crippen LogP contribution in [0.2, 0.25) is 5.02 Å². The van der Waals surface area contributed by atoms with E-state index in [0.717, 1.165) is 37.9 Å². The van der Waals surface area contributed by atoms with E-state index in [1.165, 1.54) is 0 Å². The molecule has 0 bridgehead atoms. The fourth-order valence-corrected chi connectivity index (χ4v) is 2.24. The highest BCUT2D eigenvalue weighted by atomic mass is 35.5. The van der Waals surface area contributed by atoms with Crippen molar-refractivity contribution in [2.45, 2.75) is 33.1 Å². The van der Waals surface area contributed by atoms with E-state index in [0.29, 0.717) is 5.92 Å². The second kappa shape index (κ2) is 7.67. The SMILES string of the molecule is CCCC(CNCC)Cc1cccc(Cl)c1F. The first kappa shape index (κ1) is 14.5. The molecule has 0 aliphatic rings. The smallest absolute Gasteiger partial charge is 0.144 e. The van der Waals surface area contributed by atoms with Gasteiger partial charge in [-0.25, -0.2) is 4.39 Å². The summed E-state index contributed by atoms with van der Waals surface area (Å²) in [5.74, 6) is 0.222. The number of hydrogen-bond donors (Lipinski definition) is 1. The Bertz CT molecular complexity index is 341. The van der Waals surface area contributed by atoms with Gasteiger partial charge < -0.3 is 5.32 Å². The predicted molar refractivity (Wildman–Crippen MR) is 72.1 cm³/mol. The highest BCUT2D eigenvalue weighted by Gasteiger charge is 2.13. The molecule has 1 nitrogen and oxygen atoms in total. The molecule has 1 unspecified atom stereocenters. The Morgan fingerprint density at radius 3 is 2.76 bits per heavy atom. The minimum absolute atomic E-state index is 0.223. The molecule has 1 N–H and O–H groups in total. The zero-order valence-corrected chi connectivity index (χ0v) is 11.4. The average Bonchev–Trinajstić information content (AvgIpc) is 2.32. The van der Waals surface area contributed by atoms with Gasteiger partial charge in [-0.3, -0.25) is 0 Å². The molecule has 3 heteroatoms. The van der Waals surface area contributed by atoms with E-state index < -0.39 is 0 Å². The van der Waals surface area contributed by atoms with Crippen molar-refractivity contribution in [3.8, 4) is 0 Å². The van der Waals surface area contributed by atoms with E-state index in [9.17, 15) is 4.39 Å². The fraction of sp³-hybridized carbons (Fsp3) is 0.571. The highest BCUT2D eigenvalue weighted by molar-refractivity contribution is 6.30. The molecule has 0 radical (unpaired) electrons. The van der Waals surface area contributed by atoms with Crippen molar-refractivity contribution >= 4 is 11.6 Å². The Morgan fingerprint density at radius 2 is 2.12 bits per heavy atom. The van der Waals surface area contributed by atoms with Crippen LogP contribution in [0.5, 0.6) is 0 Å². The number of benzene rings is 1. The molecule has 1 aromatic rings. The number of halogens is 2. The summed E-state index contributed by atoms with van der Waals surface area (Å²) in [5, 5.41) is 3.56. The lowest BCUT2D eigenvalue weighted by molar-refractivity contribution is 0.436. The van der Waals surface area contributed by atoms with Gasteiger partial charge >= 0.3 is 0 Å². The van der Waals surface area contributed by atoms with E-state index in [1.807, 2.05) is 12.1 Å². The van der Waals surface area contributed by atoms with Crippen LogP contribution in [0.1, 0.15) is 32.3 Å². The van der Waals surface area contributed by atoms with Gasteiger partial charge in [0.2, 0.25) is 0 Å². The van der Waals surface area contributed by atoms with Crippen LogP contribution in [0.15, 0.2) is 18.2 Å². The van der Waals surface area contributed by atoms with Crippen molar-refractivity contribution in [1.29, 1.82) is 0 Å². The molecule has 0 saturated carbocycles.